The third kappa shape index (κ3) is 3.60. The van der Waals surface area contributed by atoms with Gasteiger partial charge in [-0.25, -0.2) is 4.39 Å². The SMILES string of the molecule is NCCCNC(=O)c1cc(Br)ccc1F. The Labute approximate surface area is 96.0 Å². The Morgan fingerprint density at radius 3 is 2.93 bits per heavy atom. The molecule has 0 aromatic heterocycles. The van der Waals surface area contributed by atoms with Crippen LogP contribution in [0, 0.1) is 5.82 Å². The number of benzene rings is 1. The second-order valence-electron chi connectivity index (χ2n) is 3.02. The number of carbonyl (C=O) groups excluding carboxylic acids is 1. The van der Waals surface area contributed by atoms with E-state index < -0.39 is 11.7 Å². The number of carbonyl (C=O) groups is 1. The van der Waals surface area contributed by atoms with E-state index in [1.165, 1.54) is 12.1 Å². The molecular weight excluding hydrogens is 263 g/mol. The average molecular weight is 275 g/mol. The van der Waals surface area contributed by atoms with Gasteiger partial charge < -0.3 is 11.1 Å². The Kier molecular flexibility index (Phi) is 4.71. The molecule has 1 amide bonds. The van der Waals surface area contributed by atoms with Crippen molar-refractivity contribution in [3.05, 3.63) is 34.1 Å². The topological polar surface area (TPSA) is 55.1 Å². The van der Waals surface area contributed by atoms with E-state index in [2.05, 4.69) is 21.2 Å². The van der Waals surface area contributed by atoms with E-state index in [0.717, 1.165) is 0 Å². The molecule has 0 aliphatic heterocycles. The highest BCUT2D eigenvalue weighted by molar-refractivity contribution is 9.10. The van der Waals surface area contributed by atoms with Gasteiger partial charge in [0.25, 0.3) is 5.91 Å². The Morgan fingerprint density at radius 2 is 2.27 bits per heavy atom. The van der Waals surface area contributed by atoms with E-state index >= 15 is 0 Å². The predicted octanol–water partition coefficient (Wildman–Crippen LogP) is 1.67. The van der Waals surface area contributed by atoms with Gasteiger partial charge >= 0.3 is 0 Å². The molecule has 3 N–H and O–H groups in total. The van der Waals surface area contributed by atoms with Gasteiger partial charge in [0.1, 0.15) is 5.82 Å². The first-order valence-corrected chi connectivity index (χ1v) is 5.37. The van der Waals surface area contributed by atoms with Crippen LogP contribution < -0.4 is 11.1 Å². The fourth-order valence-electron chi connectivity index (χ4n) is 1.07. The van der Waals surface area contributed by atoms with Gasteiger partial charge in [0.2, 0.25) is 0 Å². The minimum absolute atomic E-state index is 0.0430. The van der Waals surface area contributed by atoms with Gasteiger partial charge in [0, 0.05) is 11.0 Å². The standard InChI is InChI=1S/C10H12BrFN2O/c11-7-2-3-9(12)8(6-7)10(15)14-5-1-4-13/h2-3,6H,1,4-5,13H2,(H,14,15). The molecule has 0 saturated carbocycles. The Hall–Kier alpha value is -0.940. The van der Waals surface area contributed by atoms with Crippen LogP contribution in [0.25, 0.3) is 0 Å². The fraction of sp³-hybridized carbons (Fsp3) is 0.300. The van der Waals surface area contributed by atoms with Crippen molar-refractivity contribution in [2.75, 3.05) is 13.1 Å². The van der Waals surface area contributed by atoms with Crippen LogP contribution in [0.4, 0.5) is 4.39 Å². The summed E-state index contributed by atoms with van der Waals surface area (Å²) in [6.45, 7) is 0.961. The van der Waals surface area contributed by atoms with Crippen LogP contribution in [0.3, 0.4) is 0 Å². The number of nitrogens with one attached hydrogen (secondary N) is 1. The first-order chi connectivity index (χ1) is 7.15. The second-order valence-corrected chi connectivity index (χ2v) is 3.94. The summed E-state index contributed by atoms with van der Waals surface area (Å²) < 4.78 is 13.9. The van der Waals surface area contributed by atoms with E-state index in [1.54, 1.807) is 6.07 Å². The molecule has 0 radical (unpaired) electrons. The van der Waals surface area contributed by atoms with E-state index in [-0.39, 0.29) is 5.56 Å². The van der Waals surface area contributed by atoms with Crippen molar-refractivity contribution in [3.8, 4) is 0 Å². The van der Waals surface area contributed by atoms with Crippen LogP contribution >= 0.6 is 15.9 Å². The molecule has 1 rings (SSSR count). The molecule has 0 saturated heterocycles. The highest BCUT2D eigenvalue weighted by Crippen LogP contribution is 2.15. The summed E-state index contributed by atoms with van der Waals surface area (Å²) >= 11 is 3.18. The van der Waals surface area contributed by atoms with Crippen LogP contribution in [0.15, 0.2) is 22.7 Å². The lowest BCUT2D eigenvalue weighted by molar-refractivity contribution is 0.0949. The summed E-state index contributed by atoms with van der Waals surface area (Å²) in [7, 11) is 0. The molecule has 0 aliphatic carbocycles. The summed E-state index contributed by atoms with van der Waals surface area (Å²) in [5.74, 6) is -0.939. The first kappa shape index (κ1) is 12.1. The summed E-state index contributed by atoms with van der Waals surface area (Å²) in [4.78, 5) is 11.5. The monoisotopic (exact) mass is 274 g/mol. The lowest BCUT2D eigenvalue weighted by Gasteiger charge is -2.05. The minimum Gasteiger partial charge on any atom is -0.352 e. The number of rotatable bonds is 4. The van der Waals surface area contributed by atoms with Gasteiger partial charge in [-0.3, -0.25) is 4.79 Å². The van der Waals surface area contributed by atoms with Gasteiger partial charge in [0.15, 0.2) is 0 Å². The molecule has 82 valence electrons. The maximum Gasteiger partial charge on any atom is 0.254 e. The third-order valence-corrected chi connectivity index (χ3v) is 2.33. The molecule has 1 aromatic rings. The second kappa shape index (κ2) is 5.82. The quantitative estimate of drug-likeness (QED) is 0.821. The van der Waals surface area contributed by atoms with Crippen LogP contribution in [0.2, 0.25) is 0 Å². The largest absolute Gasteiger partial charge is 0.352 e. The van der Waals surface area contributed by atoms with Crippen molar-refractivity contribution < 1.29 is 9.18 Å². The first-order valence-electron chi connectivity index (χ1n) is 4.58. The molecule has 3 nitrogen and oxygen atoms in total. The van der Waals surface area contributed by atoms with Crippen molar-refractivity contribution in [1.29, 1.82) is 0 Å². The zero-order valence-corrected chi connectivity index (χ0v) is 9.68. The van der Waals surface area contributed by atoms with Crippen molar-refractivity contribution >= 4 is 21.8 Å². The Bertz CT molecular complexity index is 357. The molecule has 0 heterocycles. The van der Waals surface area contributed by atoms with Crippen molar-refractivity contribution in [2.45, 2.75) is 6.42 Å². The summed E-state index contributed by atoms with van der Waals surface area (Å²) in [6, 6.07) is 4.25. The molecule has 0 aliphatic rings. The van der Waals surface area contributed by atoms with E-state index in [0.29, 0.717) is 24.0 Å². The number of hydrogen-bond acceptors (Lipinski definition) is 2. The van der Waals surface area contributed by atoms with E-state index in [4.69, 9.17) is 5.73 Å². The molecule has 0 unspecified atom stereocenters. The molecule has 0 bridgehead atoms. The van der Waals surface area contributed by atoms with Crippen molar-refractivity contribution in [3.63, 3.8) is 0 Å². The third-order valence-electron chi connectivity index (χ3n) is 1.84. The van der Waals surface area contributed by atoms with Gasteiger partial charge in [-0.15, -0.1) is 0 Å². The minimum atomic E-state index is -0.525. The average Bonchev–Trinajstić information content (AvgIpc) is 2.22. The number of halogens is 2. The fourth-order valence-corrected chi connectivity index (χ4v) is 1.43. The van der Waals surface area contributed by atoms with Crippen LogP contribution in [-0.2, 0) is 0 Å². The maximum absolute atomic E-state index is 13.2. The molecule has 1 aromatic carbocycles. The summed E-state index contributed by atoms with van der Waals surface area (Å²) in [5.41, 5.74) is 5.32. The van der Waals surface area contributed by atoms with Gasteiger partial charge in [0.05, 0.1) is 5.56 Å². The Morgan fingerprint density at radius 1 is 1.53 bits per heavy atom. The van der Waals surface area contributed by atoms with E-state index in [1.807, 2.05) is 0 Å². The smallest absolute Gasteiger partial charge is 0.254 e. The van der Waals surface area contributed by atoms with E-state index in [9.17, 15) is 9.18 Å². The van der Waals surface area contributed by atoms with Crippen LogP contribution in [-0.4, -0.2) is 19.0 Å². The predicted molar refractivity (Wildman–Crippen MR) is 60.1 cm³/mol. The molecule has 5 heteroatoms. The highest BCUT2D eigenvalue weighted by atomic mass is 79.9. The number of hydrogen-bond donors (Lipinski definition) is 2. The van der Waals surface area contributed by atoms with Gasteiger partial charge in [-0.05, 0) is 31.2 Å². The number of amides is 1. The normalized spacial score (nSPS) is 10.1. The van der Waals surface area contributed by atoms with Crippen LogP contribution in [0.5, 0.6) is 0 Å². The van der Waals surface area contributed by atoms with Crippen molar-refractivity contribution in [2.24, 2.45) is 5.73 Å². The zero-order valence-electron chi connectivity index (χ0n) is 8.09. The van der Waals surface area contributed by atoms with Gasteiger partial charge in [-0.2, -0.15) is 0 Å². The molecule has 0 atom stereocenters. The molecule has 0 spiro atoms. The molecular formula is C10H12BrFN2O. The molecule has 15 heavy (non-hydrogen) atoms. The zero-order chi connectivity index (χ0) is 11.3. The van der Waals surface area contributed by atoms with Gasteiger partial charge in [-0.1, -0.05) is 15.9 Å². The summed E-state index contributed by atoms with van der Waals surface area (Å²) in [6.07, 6.45) is 0.682. The highest BCUT2D eigenvalue weighted by Gasteiger charge is 2.10. The van der Waals surface area contributed by atoms with Crippen LogP contribution in [0.1, 0.15) is 16.8 Å². The van der Waals surface area contributed by atoms with Crippen molar-refractivity contribution in [1.82, 2.24) is 5.32 Å². The maximum atomic E-state index is 13.2. The summed E-state index contributed by atoms with van der Waals surface area (Å²) in [5, 5.41) is 2.59. The Balaban J connectivity index is 2.68. The number of nitrogens with two attached hydrogens (primary N) is 1. The lowest BCUT2D eigenvalue weighted by atomic mass is 10.2. The lowest BCUT2D eigenvalue weighted by Crippen LogP contribution is -2.26. The molecule has 0 fully saturated rings.